The molecule has 0 spiro atoms. The normalized spacial score (nSPS) is 21.0. The van der Waals surface area contributed by atoms with Crippen LogP contribution in [0.5, 0.6) is 5.75 Å². The van der Waals surface area contributed by atoms with Crippen molar-refractivity contribution in [3.8, 4) is 5.75 Å². The number of fused-ring (bicyclic) bond motifs is 2. The van der Waals surface area contributed by atoms with Crippen molar-refractivity contribution in [3.63, 3.8) is 0 Å². The van der Waals surface area contributed by atoms with Gasteiger partial charge in [0.15, 0.2) is 0 Å². The molecule has 1 aromatic carbocycles. The van der Waals surface area contributed by atoms with Crippen molar-refractivity contribution in [1.82, 2.24) is 4.90 Å². The van der Waals surface area contributed by atoms with E-state index >= 15 is 0 Å². The molecule has 0 bridgehead atoms. The van der Waals surface area contributed by atoms with Crippen LogP contribution in [0.1, 0.15) is 91.2 Å². The molecule has 2 heterocycles. The third-order valence-corrected chi connectivity index (χ3v) is 8.79. The first kappa shape index (κ1) is 26.8. The standard InChI is InChI=1S/C31H43N3OS/c1-7-9-28(32)36-30(21(3)4)23-10-11-27-24(18-23)20-34(16-17-35-27)29-22(8-2)13-15-33-26-19-31(5,6)14-12-25(26)29/h10-11,13,15,18,22,32H,7-9,12,14,16-17,19-20H2,1-6H3. The highest BCUT2D eigenvalue weighted by Crippen LogP contribution is 2.42. The zero-order valence-corrected chi connectivity index (χ0v) is 23.9. The smallest absolute Gasteiger partial charge is 0.124 e. The van der Waals surface area contributed by atoms with Gasteiger partial charge in [0.1, 0.15) is 12.4 Å². The van der Waals surface area contributed by atoms with E-state index in [1.807, 2.05) is 0 Å². The maximum absolute atomic E-state index is 8.40. The summed E-state index contributed by atoms with van der Waals surface area (Å²) in [6, 6.07) is 6.61. The summed E-state index contributed by atoms with van der Waals surface area (Å²) in [6.45, 7) is 15.9. The van der Waals surface area contributed by atoms with E-state index in [2.05, 4.69) is 76.9 Å². The highest BCUT2D eigenvalue weighted by Gasteiger charge is 2.34. The molecule has 3 aliphatic rings. The number of rotatable bonds is 6. The Hall–Kier alpha value is -2.27. The van der Waals surface area contributed by atoms with Gasteiger partial charge in [-0.3, -0.25) is 10.4 Å². The number of hydrogen-bond donors (Lipinski definition) is 1. The number of ether oxygens (including phenoxy) is 1. The van der Waals surface area contributed by atoms with Gasteiger partial charge >= 0.3 is 0 Å². The number of aliphatic imine (C=N–C) groups is 1. The molecule has 1 unspecified atom stereocenters. The fourth-order valence-electron chi connectivity index (χ4n) is 5.55. The van der Waals surface area contributed by atoms with Crippen LogP contribution in [0.25, 0.3) is 4.91 Å². The largest absolute Gasteiger partial charge is 0.491 e. The molecule has 0 amide bonds. The van der Waals surface area contributed by atoms with Crippen LogP contribution >= 0.6 is 11.8 Å². The summed E-state index contributed by atoms with van der Waals surface area (Å²) >= 11 is 1.61. The van der Waals surface area contributed by atoms with Crippen molar-refractivity contribution >= 4 is 27.4 Å². The Morgan fingerprint density at radius 3 is 2.78 bits per heavy atom. The maximum atomic E-state index is 8.40. The fourth-order valence-corrected chi connectivity index (χ4v) is 6.56. The second-order valence-electron chi connectivity index (χ2n) is 11.3. The molecule has 1 saturated carbocycles. The van der Waals surface area contributed by atoms with Gasteiger partial charge in [0.2, 0.25) is 0 Å². The predicted molar refractivity (Wildman–Crippen MR) is 156 cm³/mol. The van der Waals surface area contributed by atoms with Crippen molar-refractivity contribution in [2.24, 2.45) is 16.3 Å². The Morgan fingerprint density at radius 2 is 2.06 bits per heavy atom. The number of allylic oxidation sites excluding steroid dienone is 3. The zero-order valence-electron chi connectivity index (χ0n) is 23.0. The number of thioether (sulfide) groups is 1. The van der Waals surface area contributed by atoms with Gasteiger partial charge in [0, 0.05) is 40.5 Å². The first-order valence-corrected chi connectivity index (χ1v) is 14.4. The quantitative estimate of drug-likeness (QED) is 0.311. The molecule has 36 heavy (non-hydrogen) atoms. The topological polar surface area (TPSA) is 48.7 Å². The molecule has 1 N–H and O–H groups in total. The number of nitrogens with one attached hydrogen (secondary N) is 1. The third kappa shape index (κ3) is 5.99. The first-order chi connectivity index (χ1) is 17.2. The minimum Gasteiger partial charge on any atom is -0.491 e. The van der Waals surface area contributed by atoms with Crippen molar-refractivity contribution in [1.29, 1.82) is 5.41 Å². The van der Waals surface area contributed by atoms with E-state index in [0.29, 0.717) is 17.9 Å². The predicted octanol–water partition coefficient (Wildman–Crippen LogP) is 8.60. The summed E-state index contributed by atoms with van der Waals surface area (Å²) in [5.74, 6) is 1.37. The van der Waals surface area contributed by atoms with E-state index in [9.17, 15) is 0 Å². The lowest BCUT2D eigenvalue weighted by atomic mass is 9.73. The van der Waals surface area contributed by atoms with Crippen molar-refractivity contribution in [3.05, 3.63) is 58.4 Å². The molecule has 0 saturated heterocycles. The van der Waals surface area contributed by atoms with Gasteiger partial charge in [-0.15, -0.1) is 0 Å². The van der Waals surface area contributed by atoms with Crippen molar-refractivity contribution < 1.29 is 4.74 Å². The fraction of sp³-hybridized carbons (Fsp3) is 0.548. The monoisotopic (exact) mass is 505 g/mol. The summed E-state index contributed by atoms with van der Waals surface area (Å²) in [7, 11) is 0. The van der Waals surface area contributed by atoms with Crippen molar-refractivity contribution in [2.75, 3.05) is 13.2 Å². The SMILES string of the molecule is CCCC(=N)SC(=C(C)C)c1ccc2c(c1)CN(C1=C3CCC(C)(C)CC3=NC=CC1CC)CCO2. The van der Waals surface area contributed by atoms with Crippen LogP contribution in [-0.4, -0.2) is 28.8 Å². The highest BCUT2D eigenvalue weighted by atomic mass is 32.2. The Morgan fingerprint density at radius 1 is 1.25 bits per heavy atom. The van der Waals surface area contributed by atoms with Gasteiger partial charge in [0.25, 0.3) is 0 Å². The van der Waals surface area contributed by atoms with Gasteiger partial charge in [-0.05, 0) is 74.6 Å². The lowest BCUT2D eigenvalue weighted by Crippen LogP contribution is -2.33. The summed E-state index contributed by atoms with van der Waals surface area (Å²) < 4.78 is 6.28. The second-order valence-corrected chi connectivity index (χ2v) is 12.4. The maximum Gasteiger partial charge on any atom is 0.124 e. The van der Waals surface area contributed by atoms with Crippen LogP contribution in [0.4, 0.5) is 0 Å². The molecular weight excluding hydrogens is 462 g/mol. The first-order valence-electron chi connectivity index (χ1n) is 13.6. The lowest BCUT2D eigenvalue weighted by molar-refractivity contribution is 0.247. The molecule has 5 heteroatoms. The molecule has 0 aromatic heterocycles. The molecule has 194 valence electrons. The molecule has 4 nitrogen and oxygen atoms in total. The van der Waals surface area contributed by atoms with Crippen LogP contribution in [0, 0.1) is 16.7 Å². The number of nitrogens with zero attached hydrogens (tertiary/aromatic N) is 2. The van der Waals surface area contributed by atoms with Crippen LogP contribution in [0.15, 0.2) is 52.3 Å². The Kier molecular flexibility index (Phi) is 8.49. The van der Waals surface area contributed by atoms with Gasteiger partial charge in [0.05, 0.1) is 11.6 Å². The van der Waals surface area contributed by atoms with Gasteiger partial charge < -0.3 is 9.64 Å². The van der Waals surface area contributed by atoms with Gasteiger partial charge in [-0.1, -0.05) is 63.6 Å². The Bertz CT molecular complexity index is 1120. The summed E-state index contributed by atoms with van der Waals surface area (Å²) in [6.07, 6.45) is 10.6. The van der Waals surface area contributed by atoms with Crippen LogP contribution in [0.2, 0.25) is 0 Å². The van der Waals surface area contributed by atoms with Gasteiger partial charge in [-0.2, -0.15) is 0 Å². The Balaban J connectivity index is 1.70. The molecule has 4 rings (SSSR count). The second kappa shape index (κ2) is 11.4. The van der Waals surface area contributed by atoms with E-state index in [1.54, 1.807) is 11.8 Å². The molecule has 1 atom stereocenters. The van der Waals surface area contributed by atoms with E-state index in [-0.39, 0.29) is 0 Å². The van der Waals surface area contributed by atoms with E-state index in [4.69, 9.17) is 15.1 Å². The molecule has 2 aliphatic heterocycles. The third-order valence-electron chi connectivity index (χ3n) is 7.49. The lowest BCUT2D eigenvalue weighted by Gasteiger charge is -2.37. The molecule has 1 fully saturated rings. The van der Waals surface area contributed by atoms with Crippen LogP contribution < -0.4 is 4.74 Å². The van der Waals surface area contributed by atoms with Crippen LogP contribution in [-0.2, 0) is 6.54 Å². The minimum atomic E-state index is 0.306. The highest BCUT2D eigenvalue weighted by molar-refractivity contribution is 8.21. The molecule has 0 radical (unpaired) electrons. The molecular formula is C31H43N3OS. The molecule has 1 aromatic rings. The van der Waals surface area contributed by atoms with Crippen molar-refractivity contribution in [2.45, 2.75) is 86.6 Å². The summed E-state index contributed by atoms with van der Waals surface area (Å²) in [4.78, 5) is 8.72. The molecule has 1 aliphatic carbocycles. The Labute approximate surface area is 222 Å². The van der Waals surface area contributed by atoms with E-state index in [1.165, 1.54) is 45.0 Å². The van der Waals surface area contributed by atoms with Gasteiger partial charge in [-0.25, -0.2) is 0 Å². The number of hydrogen-bond acceptors (Lipinski definition) is 5. The van der Waals surface area contributed by atoms with E-state index in [0.717, 1.165) is 56.0 Å². The average molecular weight is 506 g/mol. The average Bonchev–Trinajstić information content (AvgIpc) is 3.14. The van der Waals surface area contributed by atoms with Crippen LogP contribution in [0.3, 0.4) is 0 Å². The van der Waals surface area contributed by atoms with E-state index < -0.39 is 0 Å². The summed E-state index contributed by atoms with van der Waals surface area (Å²) in [5.41, 5.74) is 8.20. The summed E-state index contributed by atoms with van der Waals surface area (Å²) in [5, 5.41) is 9.13. The number of benzene rings is 1. The minimum absolute atomic E-state index is 0.306. The zero-order chi connectivity index (χ0) is 25.9.